The first kappa shape index (κ1) is 9.34. The summed E-state index contributed by atoms with van der Waals surface area (Å²) >= 11 is 0. The highest BCUT2D eigenvalue weighted by Gasteiger charge is 1.96. The van der Waals surface area contributed by atoms with Gasteiger partial charge in [0.25, 0.3) is 0 Å². The topological polar surface area (TPSA) is 35.8 Å². The predicted octanol–water partition coefficient (Wildman–Crippen LogP) is 2.81. The summed E-state index contributed by atoms with van der Waals surface area (Å²) < 4.78 is 0. The van der Waals surface area contributed by atoms with E-state index in [2.05, 4.69) is 11.4 Å². The van der Waals surface area contributed by atoms with Crippen LogP contribution in [0.25, 0.3) is 0 Å². The van der Waals surface area contributed by atoms with Crippen molar-refractivity contribution in [1.82, 2.24) is 0 Å². The molecule has 0 radical (unpaired) electrons. The molecule has 0 heterocycles. The van der Waals surface area contributed by atoms with Gasteiger partial charge in [0.2, 0.25) is 0 Å². The summed E-state index contributed by atoms with van der Waals surface area (Å²) in [5, 5.41) is 11.8. The standard InChI is InChI=1S/C11H12N2/c1-3-6-13-11-5-4-10(8-12)7-9(11)2/h3-7,13H,1-2H3/b6-3-. The molecule has 66 valence electrons. The van der Waals surface area contributed by atoms with Crippen molar-refractivity contribution in [3.63, 3.8) is 0 Å². The first-order valence-corrected chi connectivity index (χ1v) is 4.16. The van der Waals surface area contributed by atoms with Gasteiger partial charge in [0.05, 0.1) is 11.6 Å². The number of hydrogen-bond acceptors (Lipinski definition) is 2. The van der Waals surface area contributed by atoms with Gasteiger partial charge in [-0.3, -0.25) is 0 Å². The summed E-state index contributed by atoms with van der Waals surface area (Å²) in [6, 6.07) is 7.69. The molecule has 1 aromatic carbocycles. The van der Waals surface area contributed by atoms with Crippen LogP contribution in [0.2, 0.25) is 0 Å². The third-order valence-corrected chi connectivity index (χ3v) is 1.76. The Bertz CT molecular complexity index is 359. The molecule has 13 heavy (non-hydrogen) atoms. The van der Waals surface area contributed by atoms with E-state index in [-0.39, 0.29) is 0 Å². The average molecular weight is 172 g/mol. The van der Waals surface area contributed by atoms with Crippen molar-refractivity contribution in [1.29, 1.82) is 5.26 Å². The van der Waals surface area contributed by atoms with Crippen LogP contribution < -0.4 is 5.32 Å². The highest BCUT2D eigenvalue weighted by Crippen LogP contribution is 2.15. The van der Waals surface area contributed by atoms with E-state index in [1.807, 2.05) is 38.3 Å². The van der Waals surface area contributed by atoms with Crippen LogP contribution in [0.5, 0.6) is 0 Å². The van der Waals surface area contributed by atoms with Crippen LogP contribution in [-0.4, -0.2) is 0 Å². The fourth-order valence-corrected chi connectivity index (χ4v) is 1.07. The van der Waals surface area contributed by atoms with Gasteiger partial charge in [-0.15, -0.1) is 0 Å². The molecule has 0 aliphatic carbocycles. The molecule has 0 aliphatic heterocycles. The van der Waals surface area contributed by atoms with Gasteiger partial charge in [-0.1, -0.05) is 6.08 Å². The second-order valence-electron chi connectivity index (χ2n) is 2.79. The quantitative estimate of drug-likeness (QED) is 0.744. The molecule has 0 unspecified atom stereocenters. The highest BCUT2D eigenvalue weighted by atomic mass is 14.8. The molecule has 1 N–H and O–H groups in total. The average Bonchev–Trinajstić information content (AvgIpc) is 2.16. The summed E-state index contributed by atoms with van der Waals surface area (Å²) in [4.78, 5) is 0. The Balaban J connectivity index is 2.93. The normalized spacial score (nSPS) is 9.92. The smallest absolute Gasteiger partial charge is 0.0991 e. The van der Waals surface area contributed by atoms with E-state index in [9.17, 15) is 0 Å². The molecule has 0 bridgehead atoms. The van der Waals surface area contributed by atoms with Gasteiger partial charge in [0, 0.05) is 5.69 Å². The molecule has 2 heteroatoms. The van der Waals surface area contributed by atoms with Gasteiger partial charge in [0.1, 0.15) is 0 Å². The molecule has 0 aromatic heterocycles. The van der Waals surface area contributed by atoms with Crippen molar-refractivity contribution in [2.45, 2.75) is 13.8 Å². The number of anilines is 1. The van der Waals surface area contributed by atoms with Crippen LogP contribution in [0.3, 0.4) is 0 Å². The zero-order valence-electron chi connectivity index (χ0n) is 7.83. The Morgan fingerprint density at radius 2 is 2.23 bits per heavy atom. The Morgan fingerprint density at radius 1 is 1.46 bits per heavy atom. The molecule has 1 rings (SSSR count). The fourth-order valence-electron chi connectivity index (χ4n) is 1.07. The van der Waals surface area contributed by atoms with Crippen LogP contribution in [0.15, 0.2) is 30.5 Å². The molecule has 0 saturated carbocycles. The number of nitriles is 1. The summed E-state index contributed by atoms with van der Waals surface area (Å²) in [5.74, 6) is 0. The fraction of sp³-hybridized carbons (Fsp3) is 0.182. The summed E-state index contributed by atoms with van der Waals surface area (Å²) in [7, 11) is 0. The van der Waals surface area contributed by atoms with E-state index in [1.54, 1.807) is 6.07 Å². The number of nitrogens with zero attached hydrogens (tertiary/aromatic N) is 1. The van der Waals surface area contributed by atoms with Crippen molar-refractivity contribution in [2.75, 3.05) is 5.32 Å². The van der Waals surface area contributed by atoms with E-state index in [1.165, 1.54) is 0 Å². The maximum Gasteiger partial charge on any atom is 0.0991 e. The second-order valence-corrected chi connectivity index (χ2v) is 2.79. The van der Waals surface area contributed by atoms with E-state index in [0.29, 0.717) is 5.56 Å². The van der Waals surface area contributed by atoms with Gasteiger partial charge in [-0.05, 0) is 43.8 Å². The lowest BCUT2D eigenvalue weighted by molar-refractivity contribution is 1.40. The highest BCUT2D eigenvalue weighted by molar-refractivity contribution is 5.55. The molecular formula is C11H12N2. The molecule has 0 aliphatic rings. The lowest BCUT2D eigenvalue weighted by Crippen LogP contribution is -1.90. The van der Waals surface area contributed by atoms with E-state index >= 15 is 0 Å². The van der Waals surface area contributed by atoms with Gasteiger partial charge < -0.3 is 5.32 Å². The number of rotatable bonds is 2. The molecule has 0 fully saturated rings. The third-order valence-electron chi connectivity index (χ3n) is 1.76. The Kier molecular flexibility index (Phi) is 3.10. The maximum atomic E-state index is 8.64. The molecular weight excluding hydrogens is 160 g/mol. The van der Waals surface area contributed by atoms with Crippen LogP contribution in [0, 0.1) is 18.3 Å². The van der Waals surface area contributed by atoms with Gasteiger partial charge in [-0.25, -0.2) is 0 Å². The van der Waals surface area contributed by atoms with Crippen LogP contribution in [-0.2, 0) is 0 Å². The minimum Gasteiger partial charge on any atom is -0.362 e. The van der Waals surface area contributed by atoms with Crippen LogP contribution in [0.1, 0.15) is 18.1 Å². The minimum absolute atomic E-state index is 0.698. The predicted molar refractivity (Wildman–Crippen MR) is 54.3 cm³/mol. The van der Waals surface area contributed by atoms with Gasteiger partial charge in [0.15, 0.2) is 0 Å². The van der Waals surface area contributed by atoms with Crippen molar-refractivity contribution in [3.05, 3.63) is 41.6 Å². The lowest BCUT2D eigenvalue weighted by atomic mass is 10.1. The summed E-state index contributed by atoms with van der Waals surface area (Å²) in [6.07, 6.45) is 3.80. The summed E-state index contributed by atoms with van der Waals surface area (Å²) in [6.45, 7) is 3.93. The third kappa shape index (κ3) is 2.34. The largest absolute Gasteiger partial charge is 0.362 e. The van der Waals surface area contributed by atoms with E-state index in [0.717, 1.165) is 11.3 Å². The zero-order valence-corrected chi connectivity index (χ0v) is 7.83. The number of nitrogens with one attached hydrogen (secondary N) is 1. The molecule has 0 saturated heterocycles. The number of benzene rings is 1. The minimum atomic E-state index is 0.698. The SMILES string of the molecule is C/C=C\Nc1ccc(C#N)cc1C. The molecule has 0 spiro atoms. The second kappa shape index (κ2) is 4.32. The van der Waals surface area contributed by atoms with Crippen molar-refractivity contribution < 1.29 is 0 Å². The maximum absolute atomic E-state index is 8.64. The first-order chi connectivity index (χ1) is 6.27. The van der Waals surface area contributed by atoms with E-state index < -0.39 is 0 Å². The first-order valence-electron chi connectivity index (χ1n) is 4.16. The van der Waals surface area contributed by atoms with Gasteiger partial charge in [-0.2, -0.15) is 5.26 Å². The number of hydrogen-bond donors (Lipinski definition) is 1. The summed E-state index contributed by atoms with van der Waals surface area (Å²) in [5.41, 5.74) is 2.82. The van der Waals surface area contributed by atoms with Crippen LogP contribution in [0.4, 0.5) is 5.69 Å². The molecule has 1 aromatic rings. The Labute approximate surface area is 78.5 Å². The van der Waals surface area contributed by atoms with Crippen molar-refractivity contribution in [2.24, 2.45) is 0 Å². The Hall–Kier alpha value is -1.75. The zero-order chi connectivity index (χ0) is 9.68. The number of allylic oxidation sites excluding steroid dienone is 1. The lowest BCUT2D eigenvalue weighted by Gasteiger charge is -2.04. The number of aryl methyl sites for hydroxylation is 1. The molecule has 2 nitrogen and oxygen atoms in total. The monoisotopic (exact) mass is 172 g/mol. The molecule has 0 atom stereocenters. The van der Waals surface area contributed by atoms with Gasteiger partial charge >= 0.3 is 0 Å². The Morgan fingerprint density at radius 3 is 2.77 bits per heavy atom. The van der Waals surface area contributed by atoms with E-state index in [4.69, 9.17) is 5.26 Å². The van der Waals surface area contributed by atoms with Crippen molar-refractivity contribution in [3.8, 4) is 6.07 Å². The molecule has 0 amide bonds. The van der Waals surface area contributed by atoms with Crippen molar-refractivity contribution >= 4 is 5.69 Å². The van der Waals surface area contributed by atoms with Crippen LogP contribution >= 0.6 is 0 Å².